The van der Waals surface area contributed by atoms with E-state index in [9.17, 15) is 0 Å². The molecule has 1 aliphatic rings. The lowest BCUT2D eigenvalue weighted by atomic mass is 10.2. The van der Waals surface area contributed by atoms with Crippen molar-refractivity contribution in [2.45, 2.75) is 32.8 Å². The van der Waals surface area contributed by atoms with Crippen LogP contribution in [0, 0.1) is 0 Å². The Morgan fingerprint density at radius 2 is 1.94 bits per heavy atom. The van der Waals surface area contributed by atoms with Crippen LogP contribution in [0.15, 0.2) is 0 Å². The van der Waals surface area contributed by atoms with Crippen molar-refractivity contribution < 1.29 is 9.47 Å². The van der Waals surface area contributed by atoms with Crippen LogP contribution in [0.3, 0.4) is 0 Å². The summed E-state index contributed by atoms with van der Waals surface area (Å²) in [6, 6.07) is 0. The Morgan fingerprint density at radius 3 is 2.65 bits per heavy atom. The monoisotopic (exact) mass is 244 g/mol. The zero-order valence-corrected chi connectivity index (χ0v) is 11.4. The van der Waals surface area contributed by atoms with Crippen LogP contribution in [-0.4, -0.2) is 63.5 Å². The van der Waals surface area contributed by atoms with Crippen molar-refractivity contribution in [2.24, 2.45) is 0 Å². The molecular formula is C13H28N2O2. The minimum atomic E-state index is 0.372. The minimum absolute atomic E-state index is 0.372. The SMILES string of the molecule is CCCC(C)OCCOCCN1CCNCC1. The number of ether oxygens (including phenoxy) is 2. The quantitative estimate of drug-likeness (QED) is 0.616. The standard InChI is InChI=1S/C13H28N2O2/c1-3-4-13(2)17-12-11-16-10-9-15-7-5-14-6-8-15/h13-14H,3-12H2,1-2H3. The van der Waals surface area contributed by atoms with Crippen LogP contribution in [0.25, 0.3) is 0 Å². The van der Waals surface area contributed by atoms with Crippen molar-refractivity contribution in [1.29, 1.82) is 0 Å². The third-order valence-electron chi connectivity index (χ3n) is 3.09. The van der Waals surface area contributed by atoms with Crippen molar-refractivity contribution in [1.82, 2.24) is 10.2 Å². The van der Waals surface area contributed by atoms with Gasteiger partial charge in [0.1, 0.15) is 0 Å². The molecule has 1 rings (SSSR count). The maximum Gasteiger partial charge on any atom is 0.0704 e. The van der Waals surface area contributed by atoms with Crippen molar-refractivity contribution in [2.75, 3.05) is 52.5 Å². The lowest BCUT2D eigenvalue weighted by Gasteiger charge is -2.26. The van der Waals surface area contributed by atoms with Gasteiger partial charge in [-0.2, -0.15) is 0 Å². The molecule has 0 amide bonds. The smallest absolute Gasteiger partial charge is 0.0704 e. The molecule has 4 nitrogen and oxygen atoms in total. The number of piperazine rings is 1. The fraction of sp³-hybridized carbons (Fsp3) is 1.00. The average Bonchev–Trinajstić information content (AvgIpc) is 2.35. The molecule has 0 bridgehead atoms. The average molecular weight is 244 g/mol. The highest BCUT2D eigenvalue weighted by Crippen LogP contribution is 2.00. The molecular weight excluding hydrogens is 216 g/mol. The highest BCUT2D eigenvalue weighted by molar-refractivity contribution is 4.66. The molecule has 1 unspecified atom stereocenters. The predicted molar refractivity (Wildman–Crippen MR) is 70.5 cm³/mol. The van der Waals surface area contributed by atoms with Gasteiger partial charge in [-0.15, -0.1) is 0 Å². The molecule has 1 saturated heterocycles. The molecule has 1 N–H and O–H groups in total. The molecule has 0 radical (unpaired) electrons. The maximum absolute atomic E-state index is 5.63. The Bertz CT molecular complexity index is 173. The van der Waals surface area contributed by atoms with E-state index in [1.165, 1.54) is 6.42 Å². The number of nitrogens with zero attached hydrogens (tertiary/aromatic N) is 1. The molecule has 0 aliphatic carbocycles. The fourth-order valence-electron chi connectivity index (χ4n) is 2.03. The summed E-state index contributed by atoms with van der Waals surface area (Å²) in [5, 5.41) is 3.35. The number of hydrogen-bond donors (Lipinski definition) is 1. The molecule has 0 saturated carbocycles. The molecule has 0 aromatic heterocycles. The number of hydrogen-bond acceptors (Lipinski definition) is 4. The van der Waals surface area contributed by atoms with E-state index in [0.29, 0.717) is 6.10 Å². The first-order chi connectivity index (χ1) is 8.33. The molecule has 102 valence electrons. The predicted octanol–water partition coefficient (Wildman–Crippen LogP) is 1.11. The maximum atomic E-state index is 5.63. The van der Waals surface area contributed by atoms with Gasteiger partial charge in [-0.3, -0.25) is 4.90 Å². The van der Waals surface area contributed by atoms with E-state index in [4.69, 9.17) is 9.47 Å². The lowest BCUT2D eigenvalue weighted by molar-refractivity contribution is 0.00399. The van der Waals surface area contributed by atoms with E-state index >= 15 is 0 Å². The normalized spacial score (nSPS) is 19.4. The van der Waals surface area contributed by atoms with Gasteiger partial charge < -0.3 is 14.8 Å². The van der Waals surface area contributed by atoms with E-state index < -0.39 is 0 Å². The molecule has 0 aromatic rings. The summed E-state index contributed by atoms with van der Waals surface area (Å²) in [7, 11) is 0. The van der Waals surface area contributed by atoms with E-state index in [-0.39, 0.29) is 0 Å². The van der Waals surface area contributed by atoms with Crippen LogP contribution in [0.4, 0.5) is 0 Å². The molecule has 1 fully saturated rings. The topological polar surface area (TPSA) is 33.7 Å². The Labute approximate surface area is 106 Å². The second-order valence-corrected chi connectivity index (χ2v) is 4.67. The van der Waals surface area contributed by atoms with Crippen molar-refractivity contribution in [3.8, 4) is 0 Å². The number of rotatable bonds is 9. The summed E-state index contributed by atoms with van der Waals surface area (Å²) < 4.78 is 11.2. The van der Waals surface area contributed by atoms with Gasteiger partial charge in [0.2, 0.25) is 0 Å². The fourth-order valence-corrected chi connectivity index (χ4v) is 2.03. The highest BCUT2D eigenvalue weighted by Gasteiger charge is 2.08. The molecule has 1 heterocycles. The Hall–Kier alpha value is -0.160. The van der Waals surface area contributed by atoms with Gasteiger partial charge in [0.05, 0.1) is 25.9 Å². The van der Waals surface area contributed by atoms with E-state index in [1.54, 1.807) is 0 Å². The summed E-state index contributed by atoms with van der Waals surface area (Å²) in [6.45, 7) is 12.1. The third-order valence-corrected chi connectivity index (χ3v) is 3.09. The van der Waals surface area contributed by atoms with Gasteiger partial charge in [-0.05, 0) is 13.3 Å². The minimum Gasteiger partial charge on any atom is -0.378 e. The molecule has 4 heteroatoms. The first-order valence-electron chi connectivity index (χ1n) is 6.95. The Kier molecular flexibility index (Phi) is 8.61. The summed E-state index contributed by atoms with van der Waals surface area (Å²) in [6.07, 6.45) is 2.70. The third kappa shape index (κ3) is 7.71. The zero-order chi connectivity index (χ0) is 12.3. The summed E-state index contributed by atoms with van der Waals surface area (Å²) >= 11 is 0. The molecule has 1 aliphatic heterocycles. The number of nitrogens with one attached hydrogen (secondary N) is 1. The van der Waals surface area contributed by atoms with Gasteiger partial charge in [0, 0.05) is 32.7 Å². The zero-order valence-electron chi connectivity index (χ0n) is 11.4. The molecule has 1 atom stereocenters. The van der Waals surface area contributed by atoms with Crippen LogP contribution in [0.5, 0.6) is 0 Å². The summed E-state index contributed by atoms with van der Waals surface area (Å²) in [4.78, 5) is 2.44. The molecule has 0 spiro atoms. The second-order valence-electron chi connectivity index (χ2n) is 4.67. The largest absolute Gasteiger partial charge is 0.378 e. The van der Waals surface area contributed by atoms with Crippen molar-refractivity contribution in [3.63, 3.8) is 0 Å². The summed E-state index contributed by atoms with van der Waals surface area (Å²) in [5.74, 6) is 0. The van der Waals surface area contributed by atoms with Crippen molar-refractivity contribution in [3.05, 3.63) is 0 Å². The van der Waals surface area contributed by atoms with Gasteiger partial charge in [0.15, 0.2) is 0 Å². The second kappa shape index (κ2) is 9.83. The van der Waals surface area contributed by atoms with Crippen LogP contribution in [0.1, 0.15) is 26.7 Å². The van der Waals surface area contributed by atoms with Crippen LogP contribution >= 0.6 is 0 Å². The van der Waals surface area contributed by atoms with Gasteiger partial charge in [-0.25, -0.2) is 0 Å². The summed E-state index contributed by atoms with van der Waals surface area (Å²) in [5.41, 5.74) is 0. The molecule has 17 heavy (non-hydrogen) atoms. The van der Waals surface area contributed by atoms with E-state index in [2.05, 4.69) is 24.1 Å². The van der Waals surface area contributed by atoms with Crippen LogP contribution < -0.4 is 5.32 Å². The van der Waals surface area contributed by atoms with Crippen molar-refractivity contribution >= 4 is 0 Å². The van der Waals surface area contributed by atoms with E-state index in [0.717, 1.165) is 59.0 Å². The van der Waals surface area contributed by atoms with Gasteiger partial charge in [-0.1, -0.05) is 13.3 Å². The van der Waals surface area contributed by atoms with Gasteiger partial charge in [0.25, 0.3) is 0 Å². The Balaban J connectivity index is 1.83. The Morgan fingerprint density at radius 1 is 1.18 bits per heavy atom. The van der Waals surface area contributed by atoms with Gasteiger partial charge >= 0.3 is 0 Å². The van der Waals surface area contributed by atoms with E-state index in [1.807, 2.05) is 0 Å². The first kappa shape index (κ1) is 14.9. The highest BCUT2D eigenvalue weighted by atomic mass is 16.5. The van der Waals surface area contributed by atoms with Crippen LogP contribution in [0.2, 0.25) is 0 Å². The molecule has 0 aromatic carbocycles. The lowest BCUT2D eigenvalue weighted by Crippen LogP contribution is -2.44. The first-order valence-corrected chi connectivity index (χ1v) is 6.95. The van der Waals surface area contributed by atoms with Crippen LogP contribution in [-0.2, 0) is 9.47 Å².